The minimum atomic E-state index is -0.300. The highest BCUT2D eigenvalue weighted by Gasteiger charge is 2.17. The summed E-state index contributed by atoms with van der Waals surface area (Å²) in [6.07, 6.45) is 1.55. The first kappa shape index (κ1) is 14.0. The number of amides is 1. The molecular formula is C12H18N6O2. The number of nitrogens with one attached hydrogen (secondary N) is 1. The third-order valence-electron chi connectivity index (χ3n) is 2.48. The Labute approximate surface area is 116 Å². The Morgan fingerprint density at radius 1 is 1.45 bits per heavy atom. The summed E-state index contributed by atoms with van der Waals surface area (Å²) in [6, 6.07) is 0. The van der Waals surface area contributed by atoms with E-state index in [0.29, 0.717) is 16.9 Å². The van der Waals surface area contributed by atoms with E-state index in [1.54, 1.807) is 6.20 Å². The van der Waals surface area contributed by atoms with Crippen molar-refractivity contribution in [3.8, 4) is 5.88 Å². The molecule has 0 aliphatic carbocycles. The van der Waals surface area contributed by atoms with Crippen LogP contribution in [0.1, 0.15) is 20.8 Å². The maximum absolute atomic E-state index is 11.9. The van der Waals surface area contributed by atoms with Crippen LogP contribution in [-0.2, 0) is 11.3 Å². The first-order valence-electron chi connectivity index (χ1n) is 6.14. The molecule has 2 heterocycles. The fourth-order valence-corrected chi connectivity index (χ4v) is 1.81. The number of rotatable bonds is 3. The maximum atomic E-state index is 11.9. The van der Waals surface area contributed by atoms with Crippen LogP contribution in [0.25, 0.3) is 11.0 Å². The highest BCUT2D eigenvalue weighted by molar-refractivity contribution is 5.83. The largest absolute Gasteiger partial charge is 0.480 e. The minimum absolute atomic E-state index is 0.0559. The zero-order valence-electron chi connectivity index (χ0n) is 12.0. The summed E-state index contributed by atoms with van der Waals surface area (Å²) in [6.45, 7) is 5.79. The molecule has 2 rings (SSSR count). The number of nitrogens with two attached hydrogens (primary N) is 1. The van der Waals surface area contributed by atoms with Gasteiger partial charge in [0.05, 0.1) is 13.3 Å². The van der Waals surface area contributed by atoms with Gasteiger partial charge in [-0.15, -0.1) is 0 Å². The smallest absolute Gasteiger partial charge is 0.242 e. The molecule has 3 N–H and O–H groups in total. The van der Waals surface area contributed by atoms with Crippen LogP contribution < -0.4 is 15.8 Å². The molecule has 0 fully saturated rings. The normalized spacial score (nSPS) is 11.6. The molecule has 2 aromatic rings. The summed E-state index contributed by atoms with van der Waals surface area (Å²) in [4.78, 5) is 20.0. The van der Waals surface area contributed by atoms with E-state index in [2.05, 4.69) is 20.4 Å². The van der Waals surface area contributed by atoms with Gasteiger partial charge in [0.25, 0.3) is 0 Å². The van der Waals surface area contributed by atoms with E-state index in [1.807, 2.05) is 20.8 Å². The molecule has 0 aliphatic heterocycles. The van der Waals surface area contributed by atoms with E-state index in [0.717, 1.165) is 0 Å². The van der Waals surface area contributed by atoms with Gasteiger partial charge in [0.2, 0.25) is 17.7 Å². The molecule has 2 aromatic heterocycles. The SMILES string of the molecule is COc1nc(N)nc2c1cnn2CC(=O)NC(C)(C)C. The molecule has 1 amide bonds. The number of fused-ring (bicyclic) bond motifs is 1. The van der Waals surface area contributed by atoms with E-state index in [-0.39, 0.29) is 23.9 Å². The molecule has 0 aromatic carbocycles. The van der Waals surface area contributed by atoms with Crippen molar-refractivity contribution in [2.75, 3.05) is 12.8 Å². The lowest BCUT2D eigenvalue weighted by Crippen LogP contribution is -2.42. The van der Waals surface area contributed by atoms with Crippen LogP contribution in [0.4, 0.5) is 5.95 Å². The second-order valence-electron chi connectivity index (χ2n) is 5.43. The molecule has 0 bridgehead atoms. The summed E-state index contributed by atoms with van der Waals surface area (Å²) in [7, 11) is 1.49. The monoisotopic (exact) mass is 278 g/mol. The average Bonchev–Trinajstić information content (AvgIpc) is 2.69. The van der Waals surface area contributed by atoms with Gasteiger partial charge in [-0.25, -0.2) is 4.68 Å². The van der Waals surface area contributed by atoms with Crippen LogP contribution in [0, 0.1) is 0 Å². The zero-order valence-corrected chi connectivity index (χ0v) is 12.0. The second kappa shape index (κ2) is 4.95. The quantitative estimate of drug-likeness (QED) is 0.837. The van der Waals surface area contributed by atoms with E-state index in [1.165, 1.54) is 11.8 Å². The molecular weight excluding hydrogens is 260 g/mol. The Bertz CT molecular complexity index is 643. The second-order valence-corrected chi connectivity index (χ2v) is 5.43. The van der Waals surface area contributed by atoms with Gasteiger partial charge < -0.3 is 15.8 Å². The van der Waals surface area contributed by atoms with Crippen LogP contribution in [0.15, 0.2) is 6.20 Å². The van der Waals surface area contributed by atoms with Gasteiger partial charge in [-0.05, 0) is 20.8 Å². The van der Waals surface area contributed by atoms with Crippen molar-refractivity contribution >= 4 is 22.9 Å². The molecule has 0 aliphatic rings. The number of ether oxygens (including phenoxy) is 1. The predicted molar refractivity (Wildman–Crippen MR) is 74.2 cm³/mol. The van der Waals surface area contributed by atoms with Crippen molar-refractivity contribution in [2.45, 2.75) is 32.9 Å². The lowest BCUT2D eigenvalue weighted by atomic mass is 10.1. The molecule has 0 saturated carbocycles. The number of nitrogen functional groups attached to an aromatic ring is 1. The zero-order chi connectivity index (χ0) is 14.9. The molecule has 0 spiro atoms. The molecule has 0 atom stereocenters. The van der Waals surface area contributed by atoms with Gasteiger partial charge in [0, 0.05) is 5.54 Å². The Morgan fingerprint density at radius 2 is 2.15 bits per heavy atom. The van der Waals surface area contributed by atoms with Crippen molar-refractivity contribution in [2.24, 2.45) is 0 Å². The first-order chi connectivity index (χ1) is 9.30. The highest BCUT2D eigenvalue weighted by Crippen LogP contribution is 2.22. The number of hydrogen-bond donors (Lipinski definition) is 2. The van der Waals surface area contributed by atoms with E-state index in [4.69, 9.17) is 10.5 Å². The molecule has 8 nitrogen and oxygen atoms in total. The van der Waals surface area contributed by atoms with Gasteiger partial charge in [-0.2, -0.15) is 15.1 Å². The molecule has 0 saturated heterocycles. The van der Waals surface area contributed by atoms with Crippen molar-refractivity contribution in [1.29, 1.82) is 0 Å². The van der Waals surface area contributed by atoms with E-state index >= 15 is 0 Å². The first-order valence-corrected chi connectivity index (χ1v) is 6.14. The van der Waals surface area contributed by atoms with Crippen LogP contribution in [0.2, 0.25) is 0 Å². The van der Waals surface area contributed by atoms with Crippen LogP contribution in [0.3, 0.4) is 0 Å². The average molecular weight is 278 g/mol. The Kier molecular flexibility index (Phi) is 3.47. The summed E-state index contributed by atoms with van der Waals surface area (Å²) in [5.41, 5.74) is 5.79. The summed E-state index contributed by atoms with van der Waals surface area (Å²) >= 11 is 0. The Hall–Kier alpha value is -2.38. The van der Waals surface area contributed by atoms with Crippen LogP contribution >= 0.6 is 0 Å². The fraction of sp³-hybridized carbons (Fsp3) is 0.500. The number of nitrogens with zero attached hydrogens (tertiary/aromatic N) is 4. The number of carbonyl (C=O) groups is 1. The third kappa shape index (κ3) is 2.95. The minimum Gasteiger partial charge on any atom is -0.480 e. The number of aromatic nitrogens is 4. The van der Waals surface area contributed by atoms with Gasteiger partial charge >= 0.3 is 0 Å². The Balaban J connectivity index is 2.32. The van der Waals surface area contributed by atoms with Crippen molar-refractivity contribution in [1.82, 2.24) is 25.1 Å². The summed E-state index contributed by atoms with van der Waals surface area (Å²) < 4.78 is 6.59. The van der Waals surface area contributed by atoms with Gasteiger partial charge in [0.1, 0.15) is 11.9 Å². The highest BCUT2D eigenvalue weighted by atomic mass is 16.5. The predicted octanol–water partition coefficient (Wildman–Crippen LogP) is 0.332. The molecule has 0 unspecified atom stereocenters. The number of hydrogen-bond acceptors (Lipinski definition) is 6. The maximum Gasteiger partial charge on any atom is 0.242 e. The topological polar surface area (TPSA) is 108 Å². The third-order valence-corrected chi connectivity index (χ3v) is 2.48. The Morgan fingerprint density at radius 3 is 2.75 bits per heavy atom. The van der Waals surface area contributed by atoms with E-state index < -0.39 is 0 Å². The summed E-state index contributed by atoms with van der Waals surface area (Å²) in [5, 5.41) is 7.61. The van der Waals surface area contributed by atoms with Gasteiger partial charge in [-0.1, -0.05) is 0 Å². The van der Waals surface area contributed by atoms with Crippen molar-refractivity contribution in [3.63, 3.8) is 0 Å². The lowest BCUT2D eigenvalue weighted by molar-refractivity contribution is -0.123. The number of methoxy groups -OCH3 is 1. The molecule has 8 heteroatoms. The van der Waals surface area contributed by atoms with Crippen molar-refractivity contribution in [3.05, 3.63) is 6.20 Å². The van der Waals surface area contributed by atoms with Crippen molar-refractivity contribution < 1.29 is 9.53 Å². The fourth-order valence-electron chi connectivity index (χ4n) is 1.81. The lowest BCUT2D eigenvalue weighted by Gasteiger charge is -2.20. The van der Waals surface area contributed by atoms with E-state index in [9.17, 15) is 4.79 Å². The molecule has 0 radical (unpaired) electrons. The van der Waals surface area contributed by atoms with Crippen LogP contribution in [0.5, 0.6) is 5.88 Å². The van der Waals surface area contributed by atoms with Gasteiger partial charge in [-0.3, -0.25) is 4.79 Å². The number of carbonyl (C=O) groups excluding carboxylic acids is 1. The summed E-state index contributed by atoms with van der Waals surface area (Å²) in [5.74, 6) is 0.265. The van der Waals surface area contributed by atoms with Gasteiger partial charge in [0.15, 0.2) is 5.65 Å². The standard InChI is InChI=1S/C12H18N6O2/c1-12(2,3)17-8(19)6-18-9-7(5-14-18)10(20-4)16-11(13)15-9/h5H,6H2,1-4H3,(H,17,19)(H2,13,15,16). The number of anilines is 1. The van der Waals surface area contributed by atoms with Crippen LogP contribution in [-0.4, -0.2) is 38.3 Å². The molecule has 108 valence electrons. The molecule has 20 heavy (non-hydrogen) atoms.